The molecule has 0 aromatic carbocycles. The first-order chi connectivity index (χ1) is 7.10. The minimum absolute atomic E-state index is 0.0617. The molecule has 84 valence electrons. The van der Waals surface area contributed by atoms with Crippen molar-refractivity contribution in [3.63, 3.8) is 0 Å². The van der Waals surface area contributed by atoms with Gasteiger partial charge in [0.05, 0.1) is 12.2 Å². The Morgan fingerprint density at radius 2 is 2.20 bits per heavy atom. The van der Waals surface area contributed by atoms with Gasteiger partial charge in [0.1, 0.15) is 0 Å². The highest BCUT2D eigenvalue weighted by atomic mass is 16.5. The molecule has 1 spiro atoms. The smallest absolute Gasteiger partial charge is 0.328 e. The first-order valence-corrected chi connectivity index (χ1v) is 5.35. The minimum Gasteiger partial charge on any atom is -0.478 e. The summed E-state index contributed by atoms with van der Waals surface area (Å²) in [5.41, 5.74) is 0.861. The number of aliphatic carboxylic acids is 1. The highest BCUT2D eigenvalue weighted by Gasteiger charge is 2.39. The van der Waals surface area contributed by atoms with Crippen LogP contribution >= 0.6 is 0 Å². The molecule has 0 aromatic rings. The quantitative estimate of drug-likeness (QED) is 0.654. The van der Waals surface area contributed by atoms with Crippen LogP contribution in [-0.4, -0.2) is 48.3 Å². The molecule has 0 aromatic heterocycles. The fourth-order valence-electron chi connectivity index (χ4n) is 2.38. The number of ether oxygens (including phenoxy) is 1. The zero-order chi connectivity index (χ0) is 10.9. The predicted molar refractivity (Wildman–Crippen MR) is 55.7 cm³/mol. The van der Waals surface area contributed by atoms with Gasteiger partial charge in [-0.25, -0.2) is 4.79 Å². The Kier molecular flexibility index (Phi) is 2.80. The second kappa shape index (κ2) is 3.94. The lowest BCUT2D eigenvalue weighted by Gasteiger charge is -2.36. The van der Waals surface area contributed by atoms with E-state index in [1.165, 1.54) is 6.08 Å². The molecule has 4 nitrogen and oxygen atoms in total. The molecular weight excluding hydrogens is 194 g/mol. The number of carbonyl (C=O) groups is 1. The average Bonchev–Trinajstić information content (AvgIpc) is 2.54. The van der Waals surface area contributed by atoms with Gasteiger partial charge in [0.15, 0.2) is 0 Å². The molecule has 0 amide bonds. The Balaban J connectivity index is 1.99. The van der Waals surface area contributed by atoms with Gasteiger partial charge in [-0.2, -0.15) is 0 Å². The topological polar surface area (TPSA) is 49.8 Å². The zero-order valence-corrected chi connectivity index (χ0v) is 9.03. The van der Waals surface area contributed by atoms with Crippen molar-refractivity contribution in [1.82, 2.24) is 4.90 Å². The van der Waals surface area contributed by atoms with Gasteiger partial charge in [-0.15, -0.1) is 0 Å². The number of hydrogen-bond donors (Lipinski definition) is 1. The molecule has 2 aliphatic heterocycles. The fourth-order valence-corrected chi connectivity index (χ4v) is 2.38. The molecule has 0 atom stereocenters. The number of likely N-dealkylation sites (tertiary alicyclic amines) is 1. The van der Waals surface area contributed by atoms with Gasteiger partial charge in [-0.05, 0) is 25.5 Å². The van der Waals surface area contributed by atoms with Crippen molar-refractivity contribution in [2.75, 3.05) is 26.7 Å². The summed E-state index contributed by atoms with van der Waals surface area (Å²) >= 11 is 0. The van der Waals surface area contributed by atoms with E-state index in [9.17, 15) is 4.79 Å². The van der Waals surface area contributed by atoms with Crippen molar-refractivity contribution in [3.8, 4) is 0 Å². The molecule has 2 rings (SSSR count). The predicted octanol–water partition coefficient (Wildman–Crippen LogP) is 0.882. The third-order valence-corrected chi connectivity index (χ3v) is 3.34. The molecule has 2 saturated heterocycles. The molecule has 0 bridgehead atoms. The minimum atomic E-state index is -0.862. The van der Waals surface area contributed by atoms with E-state index in [2.05, 4.69) is 11.9 Å². The Bertz CT molecular complexity index is 290. The van der Waals surface area contributed by atoms with Crippen LogP contribution in [-0.2, 0) is 9.53 Å². The fraction of sp³-hybridized carbons (Fsp3) is 0.727. The third kappa shape index (κ3) is 2.38. The van der Waals surface area contributed by atoms with Gasteiger partial charge in [0.25, 0.3) is 0 Å². The summed E-state index contributed by atoms with van der Waals surface area (Å²) in [5, 5.41) is 8.66. The molecule has 1 N–H and O–H groups in total. The molecule has 0 saturated carbocycles. The number of rotatable bonds is 1. The van der Waals surface area contributed by atoms with E-state index in [-0.39, 0.29) is 5.60 Å². The Labute approximate surface area is 89.5 Å². The molecule has 0 unspecified atom stereocenters. The van der Waals surface area contributed by atoms with Gasteiger partial charge in [-0.1, -0.05) is 0 Å². The second-order valence-corrected chi connectivity index (χ2v) is 4.59. The first-order valence-electron chi connectivity index (χ1n) is 5.35. The van der Waals surface area contributed by atoms with Crippen molar-refractivity contribution in [1.29, 1.82) is 0 Å². The highest BCUT2D eigenvalue weighted by Crippen LogP contribution is 2.37. The molecule has 2 aliphatic rings. The van der Waals surface area contributed by atoms with E-state index in [1.54, 1.807) is 0 Å². The van der Waals surface area contributed by atoms with Crippen LogP contribution in [0.3, 0.4) is 0 Å². The second-order valence-electron chi connectivity index (χ2n) is 4.59. The van der Waals surface area contributed by atoms with E-state index in [4.69, 9.17) is 9.84 Å². The third-order valence-electron chi connectivity index (χ3n) is 3.34. The van der Waals surface area contributed by atoms with Gasteiger partial charge in [-0.3, -0.25) is 0 Å². The lowest BCUT2D eigenvalue weighted by atomic mass is 9.87. The molecule has 0 radical (unpaired) electrons. The number of hydrogen-bond acceptors (Lipinski definition) is 3. The standard InChI is InChI=1S/C11H17NO3/c1-12-4-2-11(3-5-12)7-9(8-15-11)6-10(13)14/h6H,2-5,7-8H2,1H3,(H,13,14)/b9-6-. The lowest BCUT2D eigenvalue weighted by Crippen LogP contribution is -2.42. The van der Waals surface area contributed by atoms with Gasteiger partial charge >= 0.3 is 5.97 Å². The Morgan fingerprint density at radius 1 is 1.53 bits per heavy atom. The van der Waals surface area contributed by atoms with Crippen LogP contribution in [0.2, 0.25) is 0 Å². The van der Waals surface area contributed by atoms with Gasteiger partial charge < -0.3 is 14.7 Å². The summed E-state index contributed by atoms with van der Waals surface area (Å²) < 4.78 is 5.78. The number of carboxylic acid groups (broad SMARTS) is 1. The maximum Gasteiger partial charge on any atom is 0.328 e. The molecular formula is C11H17NO3. The van der Waals surface area contributed by atoms with Crippen LogP contribution < -0.4 is 0 Å². The molecule has 2 fully saturated rings. The molecule has 0 aliphatic carbocycles. The monoisotopic (exact) mass is 211 g/mol. The largest absolute Gasteiger partial charge is 0.478 e. The van der Waals surface area contributed by atoms with Crippen LogP contribution in [0.5, 0.6) is 0 Å². The van der Waals surface area contributed by atoms with Gasteiger partial charge in [0.2, 0.25) is 0 Å². The molecule has 4 heteroatoms. The lowest BCUT2D eigenvalue weighted by molar-refractivity contribution is -0.131. The van der Waals surface area contributed by atoms with Crippen LogP contribution in [0.4, 0.5) is 0 Å². The van der Waals surface area contributed by atoms with Crippen molar-refractivity contribution in [2.45, 2.75) is 24.9 Å². The van der Waals surface area contributed by atoms with E-state index in [0.717, 1.165) is 37.9 Å². The number of piperidine rings is 1. The van der Waals surface area contributed by atoms with Crippen LogP contribution in [0.25, 0.3) is 0 Å². The van der Waals surface area contributed by atoms with Crippen molar-refractivity contribution >= 4 is 5.97 Å². The highest BCUT2D eigenvalue weighted by molar-refractivity contribution is 5.80. The summed E-state index contributed by atoms with van der Waals surface area (Å²) in [6.07, 6.45) is 4.13. The van der Waals surface area contributed by atoms with Crippen LogP contribution in [0.1, 0.15) is 19.3 Å². The van der Waals surface area contributed by atoms with Crippen molar-refractivity contribution < 1.29 is 14.6 Å². The maximum atomic E-state index is 10.5. The summed E-state index contributed by atoms with van der Waals surface area (Å²) in [4.78, 5) is 12.8. The molecule has 15 heavy (non-hydrogen) atoms. The summed E-state index contributed by atoms with van der Waals surface area (Å²) in [6, 6.07) is 0. The normalized spacial score (nSPS) is 28.7. The molecule has 2 heterocycles. The van der Waals surface area contributed by atoms with Crippen molar-refractivity contribution in [2.24, 2.45) is 0 Å². The number of carboxylic acids is 1. The Hall–Kier alpha value is -0.870. The maximum absolute atomic E-state index is 10.5. The average molecular weight is 211 g/mol. The Morgan fingerprint density at radius 3 is 2.80 bits per heavy atom. The summed E-state index contributed by atoms with van der Waals surface area (Å²) in [6.45, 7) is 2.58. The first kappa shape index (κ1) is 10.6. The SMILES string of the molecule is CN1CCC2(CC1)C/C(=C/C(=O)O)CO2. The number of nitrogens with zero attached hydrogens (tertiary/aromatic N) is 1. The zero-order valence-electron chi connectivity index (χ0n) is 9.03. The van der Waals surface area contributed by atoms with E-state index in [0.29, 0.717) is 6.61 Å². The van der Waals surface area contributed by atoms with Crippen LogP contribution in [0.15, 0.2) is 11.6 Å². The summed E-state index contributed by atoms with van der Waals surface area (Å²) in [7, 11) is 2.11. The van der Waals surface area contributed by atoms with Gasteiger partial charge in [0, 0.05) is 25.6 Å². The summed E-state index contributed by atoms with van der Waals surface area (Å²) in [5.74, 6) is -0.862. The van der Waals surface area contributed by atoms with E-state index in [1.807, 2.05) is 0 Å². The van der Waals surface area contributed by atoms with Crippen molar-refractivity contribution in [3.05, 3.63) is 11.6 Å². The van der Waals surface area contributed by atoms with E-state index >= 15 is 0 Å². The van der Waals surface area contributed by atoms with E-state index < -0.39 is 5.97 Å². The van der Waals surface area contributed by atoms with Crippen LogP contribution in [0, 0.1) is 0 Å².